The largest absolute Gasteiger partial charge is 0.480 e. The number of ether oxygens (including phenoxy) is 4. The van der Waals surface area contributed by atoms with Crippen molar-refractivity contribution in [3.63, 3.8) is 0 Å². The zero-order valence-corrected chi connectivity index (χ0v) is 80.5. The van der Waals surface area contributed by atoms with E-state index in [-0.39, 0.29) is 180 Å². The van der Waals surface area contributed by atoms with Crippen LogP contribution < -0.4 is 0 Å². The van der Waals surface area contributed by atoms with Gasteiger partial charge in [0.1, 0.15) is 37.7 Å². The van der Waals surface area contributed by atoms with Gasteiger partial charge in [-0.1, -0.05) is 49.2 Å². The average Bonchev–Trinajstić information content (AvgIpc) is 0.833. The average molecular weight is 2070 g/mol. The fraction of sp³-hybridized carbons (Fsp3) is 0.512. The third-order valence-corrected chi connectivity index (χ3v) is 20.1. The quantitative estimate of drug-likeness (QED) is 0.00543. The molecule has 1 aliphatic rings. The molecule has 0 amide bonds. The molecule has 1 aliphatic carbocycles. The van der Waals surface area contributed by atoms with Gasteiger partial charge in [0.05, 0.1) is 76.3 Å². The van der Waals surface area contributed by atoms with Crippen molar-refractivity contribution in [1.82, 2.24) is 58.8 Å². The molecule has 142 heavy (non-hydrogen) atoms. The van der Waals surface area contributed by atoms with Crippen LogP contribution in [0, 0.1) is 21.3 Å². The molecule has 10 N–H and O–H groups in total. The molecule has 0 radical (unpaired) electrons. The Hall–Kier alpha value is -14.5. The summed E-state index contributed by atoms with van der Waals surface area (Å²) >= 11 is 6.74. The fourth-order valence-electron chi connectivity index (χ4n) is 13.0. The van der Waals surface area contributed by atoms with Gasteiger partial charge in [0, 0.05) is 111 Å². The molecular weight excluding hydrogens is 1960 g/mol. The van der Waals surface area contributed by atoms with Crippen LogP contribution in [-0.4, -0.2) is 468 Å². The first-order chi connectivity index (χ1) is 67.3. The predicted molar refractivity (Wildman–Crippen MR) is 480 cm³/mol. The van der Waals surface area contributed by atoms with Crippen molar-refractivity contribution in [3.05, 3.63) is 89.5 Å². The van der Waals surface area contributed by atoms with Crippen LogP contribution in [0.1, 0.15) is 55.3 Å². The second kappa shape index (κ2) is 89.2. The van der Waals surface area contributed by atoms with Crippen LogP contribution in [0.5, 0.6) is 0 Å². The number of thioether (sulfide) groups is 2. The van der Waals surface area contributed by atoms with E-state index in [9.17, 15) is 103 Å². The van der Waals surface area contributed by atoms with Crippen molar-refractivity contribution in [2.24, 2.45) is 4.99 Å². The lowest BCUT2D eigenvalue weighted by atomic mass is 9.88. The van der Waals surface area contributed by atoms with Crippen molar-refractivity contribution in [2.45, 2.75) is 91.5 Å². The van der Waals surface area contributed by atoms with Crippen LogP contribution >= 0.6 is 35.7 Å². The molecule has 0 bridgehead atoms. The number of carboxylic acid groups (broad SMARTS) is 10. The van der Waals surface area contributed by atoms with Gasteiger partial charge in [-0.2, -0.15) is 73.1 Å². The standard InChI is InChI=1S/C23H34N4O4S.C21H26N4O10S.C20H30N4O4S.C14H23N3O10.6CO2/c1-25(2)20-6-4-5-7-21(20)26(3)13-18(27(14-22(28)29)15-23(30)31)12-17-8-10-19(11-9-17)32-16-24;26-14-34-12-24(13-35-15-27)6-5-23(8-19(28)29)7-18(25(9-20(30)31)10-21(32)33)16-1-3-17(4-2-16)22-11-36;1-15(22(2)3)10-23(4)11-17(24(12-19(25)26)13-20(27)28)9-16-5-7-18(8-6-16)29-14-21;18-10-26-8-17(9-27-11-19)4-2-15(5-12(20)21)1-3-16(6-13(22)23)7-14(24)25;6*2-1-3/h8-11,18,20-21H,4-7,12-15H2,1-3H3,(H,28,29)(H,30,31);1-4,14-15,18H,5-10,12-13H2,(H,28,29)(H,30,31)(H,32,33);5-8,15,17H,9-13H2,1-4H3,(H,25,26)(H,27,28);10-11H,1-9H2,(H,20,21)(H,22,23)(H,24,25);;;;;;/t18-,20+,21+;;15?,17-;;;;;;;/m1.1......./s1. The molecule has 0 aliphatic heterocycles. The molecule has 6 atom stereocenters. The number of thiocarbonyl (C=S) groups is 1. The molecule has 4 rings (SSSR count). The van der Waals surface area contributed by atoms with Gasteiger partial charge >= 0.3 is 96.6 Å². The monoisotopic (exact) mass is 2070 g/mol. The zero-order valence-electron chi connectivity index (χ0n) is 78.1. The first-order valence-corrected chi connectivity index (χ1v) is 42.7. The maximum Gasteiger partial charge on any atom is 0.373 e. The smallest absolute Gasteiger partial charge is 0.373 e. The van der Waals surface area contributed by atoms with Crippen molar-refractivity contribution >= 4 is 169 Å². The number of hydrogen-bond donors (Lipinski definition) is 10. The molecule has 1 fully saturated rings. The van der Waals surface area contributed by atoms with Crippen LogP contribution in [0.3, 0.4) is 0 Å². The number of thiocyanates is 2. The number of carbonyl (C=O) groups is 14. The van der Waals surface area contributed by atoms with Gasteiger partial charge in [0.2, 0.25) is 0 Å². The van der Waals surface area contributed by atoms with Crippen LogP contribution in [0.2, 0.25) is 0 Å². The van der Waals surface area contributed by atoms with E-state index >= 15 is 0 Å². The van der Waals surface area contributed by atoms with Gasteiger partial charge in [-0.3, -0.25) is 96.5 Å². The number of rotatable bonds is 63. The minimum absolute atomic E-state index is 0.0154. The lowest BCUT2D eigenvalue weighted by Gasteiger charge is -2.43. The van der Waals surface area contributed by atoms with Gasteiger partial charge in [-0.15, -0.1) is 0 Å². The van der Waals surface area contributed by atoms with Crippen LogP contribution in [0.4, 0.5) is 5.69 Å². The lowest BCUT2D eigenvalue weighted by molar-refractivity contribution is -0.193. The van der Waals surface area contributed by atoms with Crippen molar-refractivity contribution in [2.75, 3.05) is 200 Å². The molecule has 55 nitrogen and oxygen atoms in total. The molecular formula is C84H113N15O40S3. The second-order valence-corrected chi connectivity index (χ2v) is 31.2. The number of isothiocyanates is 1. The van der Waals surface area contributed by atoms with Crippen LogP contribution in [0.15, 0.2) is 87.6 Å². The van der Waals surface area contributed by atoms with E-state index in [1.165, 1.54) is 35.8 Å². The first-order valence-electron chi connectivity index (χ1n) is 40.7. The van der Waals surface area contributed by atoms with Crippen molar-refractivity contribution in [1.29, 1.82) is 10.5 Å². The highest BCUT2D eigenvalue weighted by Crippen LogP contribution is 2.29. The summed E-state index contributed by atoms with van der Waals surface area (Å²) in [6.07, 6.45) is 7.10. The number of nitriles is 2. The Kier molecular flexibility index (Phi) is 86.8. The van der Waals surface area contributed by atoms with Gasteiger partial charge in [0.15, 0.2) is 0 Å². The van der Waals surface area contributed by atoms with Crippen molar-refractivity contribution < 1.29 is 195 Å². The third kappa shape index (κ3) is 77.5. The summed E-state index contributed by atoms with van der Waals surface area (Å²) in [5, 5.41) is 116. The highest BCUT2D eigenvalue weighted by atomic mass is 32.2. The van der Waals surface area contributed by atoms with E-state index in [0.29, 0.717) is 55.3 Å². The van der Waals surface area contributed by atoms with E-state index in [2.05, 4.69) is 89.0 Å². The number of carboxylic acids is 10. The third-order valence-electron chi connectivity index (χ3n) is 18.8. The molecule has 3 aromatic rings. The highest BCUT2D eigenvalue weighted by molar-refractivity contribution is 8.04. The Morgan fingerprint density at radius 1 is 0.394 bits per heavy atom. The number of aliphatic carboxylic acids is 10. The maximum atomic E-state index is 11.5. The second-order valence-electron chi connectivity index (χ2n) is 29.3. The normalized spacial score (nSPS) is 12.5. The van der Waals surface area contributed by atoms with E-state index in [1.807, 2.05) is 80.5 Å². The Bertz CT molecular complexity index is 4390. The van der Waals surface area contributed by atoms with Gasteiger partial charge in [-0.25, -0.2) is 9.80 Å². The molecule has 0 heterocycles. The summed E-state index contributed by atoms with van der Waals surface area (Å²) in [5.74, 6) is -11.4. The number of aliphatic imine (C=N–C) groups is 1. The molecule has 2 unspecified atom stereocenters. The fourth-order valence-corrected chi connectivity index (χ4v) is 13.9. The number of carbonyl (C=O) groups excluding carboxylic acids is 16. The Morgan fingerprint density at radius 2 is 0.683 bits per heavy atom. The first kappa shape index (κ1) is 138. The number of hydrogen-bond acceptors (Lipinski definition) is 48. The summed E-state index contributed by atoms with van der Waals surface area (Å²) in [6.45, 7) is 0.112. The van der Waals surface area contributed by atoms with Gasteiger partial charge in [0.25, 0.3) is 25.9 Å². The zero-order chi connectivity index (χ0) is 109. The van der Waals surface area contributed by atoms with Crippen molar-refractivity contribution in [3.8, 4) is 10.8 Å². The van der Waals surface area contributed by atoms with E-state index in [1.54, 1.807) is 29.2 Å². The maximum absolute atomic E-state index is 11.5. The van der Waals surface area contributed by atoms with E-state index in [0.717, 1.165) is 75.1 Å². The molecule has 1 saturated carbocycles. The Balaban J connectivity index is -0.000000411. The molecule has 3 aromatic carbocycles. The number of likely N-dealkylation sites (N-methyl/N-ethyl adjacent to an activating group) is 4. The summed E-state index contributed by atoms with van der Waals surface area (Å²) in [6, 6.07) is 21.1. The Morgan fingerprint density at radius 3 is 0.986 bits per heavy atom. The summed E-state index contributed by atoms with van der Waals surface area (Å²) in [7, 11) is 12.2. The topological polar surface area (TPSA) is 782 Å². The summed E-state index contributed by atoms with van der Waals surface area (Å²) in [4.78, 5) is 277. The van der Waals surface area contributed by atoms with Gasteiger partial charge in [-0.05, 0) is 164 Å². The van der Waals surface area contributed by atoms with Gasteiger partial charge < -0.3 is 89.6 Å². The van der Waals surface area contributed by atoms with Crippen LogP contribution in [0.25, 0.3) is 0 Å². The minimum atomic E-state index is -1.27. The summed E-state index contributed by atoms with van der Waals surface area (Å²) in [5.41, 5.74) is 2.94. The van der Waals surface area contributed by atoms with E-state index < -0.39 is 98.5 Å². The highest BCUT2D eigenvalue weighted by Gasteiger charge is 2.35. The summed E-state index contributed by atoms with van der Waals surface area (Å²) < 4.78 is 18.5. The molecule has 0 spiro atoms. The lowest BCUT2D eigenvalue weighted by Crippen LogP contribution is -2.55. The molecule has 0 saturated heterocycles. The molecule has 782 valence electrons. The Labute approximate surface area is 826 Å². The SMILES string of the molecule is CC(CN(C)C[C@@H](Cc1ccc(SC#N)cc1)N(CC(=O)O)CC(=O)O)N(C)C.CN(C)[C@H]1CCCC[C@@H]1N(C)C[C@@H](Cc1ccc(SC#N)cc1)N(CC(=O)O)CC(=O)O.O=C=O.O=C=O.O=C=O.O=C=O.O=C=O.O=C=O.O=COCN(CCN(CC(=O)O)CC(c1ccc(N=C=S)cc1)N(CC(=O)O)CC(=O)O)COC=O.O=COCN(CCN(CCN(CC(=O)O)CC(=O)O)CC(=O)O)COC=O. The van der Waals surface area contributed by atoms with E-state index in [4.69, 9.17) is 83.4 Å². The molecule has 0 aromatic heterocycles. The number of benzene rings is 3. The number of nitrogens with zero attached hydrogens (tertiary/aromatic N) is 15. The molecule has 58 heteroatoms. The van der Waals surface area contributed by atoms with Crippen LogP contribution in [-0.2, 0) is 156 Å². The predicted octanol–water partition coefficient (Wildman–Crippen LogP) is -2.24. The minimum Gasteiger partial charge on any atom is -0.480 e.